The van der Waals surface area contributed by atoms with Crippen LogP contribution in [0.25, 0.3) is 0 Å². The highest BCUT2D eigenvalue weighted by atomic mass is 16.7. The molecule has 0 amide bonds. The van der Waals surface area contributed by atoms with Crippen LogP contribution in [0.4, 0.5) is 0 Å². The molecule has 5 rings (SSSR count). The van der Waals surface area contributed by atoms with E-state index in [0.29, 0.717) is 25.7 Å². The lowest BCUT2D eigenvalue weighted by atomic mass is 9.46. The topological polar surface area (TPSA) is 93.1 Å². The second-order valence-electron chi connectivity index (χ2n) is 10.6. The molecule has 3 saturated carbocycles. The van der Waals surface area contributed by atoms with Crippen molar-refractivity contribution in [1.29, 1.82) is 0 Å². The maximum Gasteiger partial charge on any atom is 0.193 e. The van der Waals surface area contributed by atoms with E-state index in [9.17, 15) is 19.8 Å². The lowest BCUT2D eigenvalue weighted by Crippen LogP contribution is -2.63. The van der Waals surface area contributed by atoms with Gasteiger partial charge in [-0.05, 0) is 56.1 Å². The van der Waals surface area contributed by atoms with E-state index < -0.39 is 47.3 Å². The number of ketones is 2. The average Bonchev–Trinajstić information content (AvgIpc) is 3.15. The SMILES string of the molecule is [2H]C1(CCC)OC2CC3C4CCC5=CC(=O)C=CC5(C)C4C(O)CC3(C)C2(C(=O)CO)O1. The summed E-state index contributed by atoms with van der Waals surface area (Å²) in [6.45, 7) is 5.36. The summed E-state index contributed by atoms with van der Waals surface area (Å²) < 4.78 is 21.1. The predicted octanol–water partition coefficient (Wildman–Crippen LogP) is 2.72. The molecule has 9 unspecified atom stereocenters. The normalized spacial score (nSPS) is 53.2. The van der Waals surface area contributed by atoms with Gasteiger partial charge in [0, 0.05) is 16.7 Å². The zero-order valence-electron chi connectivity index (χ0n) is 19.6. The molecule has 0 bridgehead atoms. The molecular formula is C25H34O6. The van der Waals surface area contributed by atoms with E-state index in [0.717, 1.165) is 18.4 Å². The Labute approximate surface area is 185 Å². The molecule has 9 atom stereocenters. The van der Waals surface area contributed by atoms with Crippen molar-refractivity contribution in [3.05, 3.63) is 23.8 Å². The van der Waals surface area contributed by atoms with Crippen molar-refractivity contribution in [2.24, 2.45) is 28.6 Å². The van der Waals surface area contributed by atoms with Crippen LogP contribution >= 0.6 is 0 Å². The third-order valence-corrected chi connectivity index (χ3v) is 9.22. The van der Waals surface area contributed by atoms with Gasteiger partial charge in [-0.2, -0.15) is 0 Å². The summed E-state index contributed by atoms with van der Waals surface area (Å²) in [5.41, 5.74) is -1.49. The van der Waals surface area contributed by atoms with Crippen molar-refractivity contribution in [1.82, 2.24) is 0 Å². The number of allylic oxidation sites excluding steroid dienone is 4. The first-order chi connectivity index (χ1) is 15.0. The van der Waals surface area contributed by atoms with Crippen LogP contribution < -0.4 is 0 Å². The fraction of sp³-hybridized carbons (Fsp3) is 0.760. The van der Waals surface area contributed by atoms with Gasteiger partial charge in [-0.1, -0.05) is 38.8 Å². The Balaban J connectivity index is 1.57. The van der Waals surface area contributed by atoms with E-state index >= 15 is 0 Å². The summed E-state index contributed by atoms with van der Waals surface area (Å²) in [4.78, 5) is 25.3. The highest BCUT2D eigenvalue weighted by Gasteiger charge is 2.75. The van der Waals surface area contributed by atoms with Crippen LogP contribution in [0.1, 0.15) is 60.7 Å². The highest BCUT2D eigenvalue weighted by molar-refractivity contribution is 6.01. The minimum absolute atomic E-state index is 0.00142. The molecule has 0 aromatic rings. The standard InChI is InChI=1S/C25H34O6/c1-4-5-21-30-20-11-17-16-7-6-14-10-15(27)8-9-23(14,2)22(16)18(28)12-24(17,3)25(20,31-21)19(29)13-26/h8-10,16-18,20-22,26,28H,4-7,11-13H2,1-3H3/i21D. The highest BCUT2D eigenvalue weighted by Crippen LogP contribution is 2.69. The number of carbonyl (C=O) groups is 2. The number of aliphatic hydroxyl groups is 2. The first kappa shape index (κ1) is 20.3. The molecule has 1 heterocycles. The number of ether oxygens (including phenoxy) is 2. The van der Waals surface area contributed by atoms with E-state index in [2.05, 4.69) is 6.92 Å². The van der Waals surface area contributed by atoms with Crippen LogP contribution in [0, 0.1) is 28.6 Å². The van der Waals surface area contributed by atoms with Crippen LogP contribution in [-0.4, -0.2) is 52.5 Å². The van der Waals surface area contributed by atoms with Gasteiger partial charge in [0.1, 0.15) is 6.61 Å². The number of hydrogen-bond donors (Lipinski definition) is 2. The summed E-state index contributed by atoms with van der Waals surface area (Å²) in [6, 6.07) is 0. The molecule has 0 radical (unpaired) electrons. The minimum atomic E-state index is -1.61. The van der Waals surface area contributed by atoms with Gasteiger partial charge in [-0.3, -0.25) is 9.59 Å². The monoisotopic (exact) mass is 431 g/mol. The molecule has 6 heteroatoms. The maximum atomic E-state index is 13.3. The minimum Gasteiger partial charge on any atom is -0.393 e. The molecule has 0 aromatic carbocycles. The smallest absolute Gasteiger partial charge is 0.193 e. The summed E-state index contributed by atoms with van der Waals surface area (Å²) >= 11 is 0. The van der Waals surface area contributed by atoms with Gasteiger partial charge in [0.25, 0.3) is 0 Å². The van der Waals surface area contributed by atoms with E-state index in [1.54, 1.807) is 12.2 Å². The molecule has 4 aliphatic carbocycles. The molecule has 0 spiro atoms. The molecular weight excluding hydrogens is 396 g/mol. The van der Waals surface area contributed by atoms with Crippen molar-refractivity contribution >= 4 is 11.6 Å². The zero-order chi connectivity index (χ0) is 23.1. The molecule has 6 nitrogen and oxygen atoms in total. The van der Waals surface area contributed by atoms with Crippen LogP contribution in [0.5, 0.6) is 0 Å². The fourth-order valence-corrected chi connectivity index (χ4v) is 7.96. The number of carbonyl (C=O) groups excluding carboxylic acids is 2. The van der Waals surface area contributed by atoms with Crippen LogP contribution in [0.3, 0.4) is 0 Å². The fourth-order valence-electron chi connectivity index (χ4n) is 7.96. The first-order valence-electron chi connectivity index (χ1n) is 12.2. The number of Topliss-reactive ketones (excluding diaryl/α,β-unsaturated/α-hetero) is 1. The third kappa shape index (κ3) is 2.65. The molecule has 31 heavy (non-hydrogen) atoms. The van der Waals surface area contributed by atoms with Gasteiger partial charge in [-0.25, -0.2) is 0 Å². The second kappa shape index (κ2) is 7.08. The lowest BCUT2D eigenvalue weighted by molar-refractivity contribution is -0.200. The summed E-state index contributed by atoms with van der Waals surface area (Å²) in [6.07, 6.45) is 5.87. The van der Waals surface area contributed by atoms with Crippen LogP contribution in [0.2, 0.25) is 0 Å². The van der Waals surface area contributed by atoms with Gasteiger partial charge in [0.05, 0.1) is 13.6 Å². The number of fused-ring (bicyclic) bond motifs is 7. The van der Waals surface area contributed by atoms with E-state index in [4.69, 9.17) is 10.8 Å². The van der Waals surface area contributed by atoms with Crippen molar-refractivity contribution in [3.63, 3.8) is 0 Å². The van der Waals surface area contributed by atoms with E-state index in [1.165, 1.54) is 0 Å². The largest absolute Gasteiger partial charge is 0.393 e. The molecule has 4 fully saturated rings. The Bertz CT molecular complexity index is 914. The molecule has 1 saturated heterocycles. The maximum absolute atomic E-state index is 13.3. The van der Waals surface area contributed by atoms with Crippen molar-refractivity contribution in [2.75, 3.05) is 6.61 Å². The molecule has 1 aliphatic heterocycles. The Kier molecular flexibility index (Phi) is 4.63. The summed E-state index contributed by atoms with van der Waals surface area (Å²) in [7, 11) is 0. The van der Waals surface area contributed by atoms with Crippen LogP contribution in [0.15, 0.2) is 23.8 Å². The first-order valence-corrected chi connectivity index (χ1v) is 11.7. The van der Waals surface area contributed by atoms with Gasteiger partial charge < -0.3 is 19.7 Å². The summed E-state index contributed by atoms with van der Waals surface area (Å²) in [5.74, 6) is -0.350. The van der Waals surface area contributed by atoms with Gasteiger partial charge in [0.15, 0.2) is 23.4 Å². The van der Waals surface area contributed by atoms with Crippen molar-refractivity contribution in [3.8, 4) is 0 Å². The number of rotatable bonds is 4. The quantitative estimate of drug-likeness (QED) is 0.711. The lowest BCUT2D eigenvalue weighted by Gasteiger charge is -2.59. The second-order valence-corrected chi connectivity index (χ2v) is 10.6. The van der Waals surface area contributed by atoms with Crippen LogP contribution in [-0.2, 0) is 19.1 Å². The Morgan fingerprint density at radius 3 is 2.87 bits per heavy atom. The van der Waals surface area contributed by atoms with Crippen molar-refractivity contribution in [2.45, 2.75) is 83.4 Å². The number of aliphatic hydroxyl groups excluding tert-OH is 2. The Morgan fingerprint density at radius 1 is 1.39 bits per heavy atom. The molecule has 5 aliphatic rings. The molecule has 170 valence electrons. The number of hydrogen-bond acceptors (Lipinski definition) is 6. The Hall–Kier alpha value is -1.34. The Morgan fingerprint density at radius 2 is 2.16 bits per heavy atom. The van der Waals surface area contributed by atoms with Crippen molar-refractivity contribution < 1.29 is 30.6 Å². The zero-order valence-corrected chi connectivity index (χ0v) is 18.6. The average molecular weight is 432 g/mol. The summed E-state index contributed by atoms with van der Waals surface area (Å²) in [5, 5.41) is 21.4. The van der Waals surface area contributed by atoms with E-state index in [-0.39, 0.29) is 23.5 Å². The van der Waals surface area contributed by atoms with Gasteiger partial charge in [-0.15, -0.1) is 0 Å². The van der Waals surface area contributed by atoms with Gasteiger partial charge in [0.2, 0.25) is 0 Å². The van der Waals surface area contributed by atoms with E-state index in [1.807, 2.05) is 19.9 Å². The predicted molar refractivity (Wildman–Crippen MR) is 113 cm³/mol. The third-order valence-electron chi connectivity index (χ3n) is 9.22. The molecule has 2 N–H and O–H groups in total. The van der Waals surface area contributed by atoms with Gasteiger partial charge >= 0.3 is 0 Å². The molecule has 0 aromatic heterocycles.